The van der Waals surface area contributed by atoms with Gasteiger partial charge in [0, 0.05) is 0 Å². The first-order valence-corrected chi connectivity index (χ1v) is 5.44. The summed E-state index contributed by atoms with van der Waals surface area (Å²) in [7, 11) is 0. The van der Waals surface area contributed by atoms with E-state index in [1.807, 2.05) is 6.07 Å². The van der Waals surface area contributed by atoms with Crippen molar-refractivity contribution in [3.8, 4) is 0 Å². The summed E-state index contributed by atoms with van der Waals surface area (Å²) in [4.78, 5) is 27.6. The number of para-hydroxylation sites is 1. The Bertz CT molecular complexity index is 633. The van der Waals surface area contributed by atoms with Crippen LogP contribution in [0.2, 0.25) is 0 Å². The Kier molecular flexibility index (Phi) is 1.70. The zero-order valence-electron chi connectivity index (χ0n) is 7.64. The van der Waals surface area contributed by atoms with Crippen LogP contribution in [0.3, 0.4) is 0 Å². The number of aromatic nitrogens is 2. The van der Waals surface area contributed by atoms with E-state index in [-0.39, 0.29) is 11.5 Å². The van der Waals surface area contributed by atoms with Crippen molar-refractivity contribution in [2.24, 2.45) is 0 Å². The van der Waals surface area contributed by atoms with Gasteiger partial charge in [-0.1, -0.05) is 23.9 Å². The molecule has 0 spiro atoms. The Hall–Kier alpha value is -1.62. The molecule has 74 valence electrons. The highest BCUT2D eigenvalue weighted by Gasteiger charge is 2.23. The average Bonchev–Trinajstić information content (AvgIpc) is 2.61. The van der Waals surface area contributed by atoms with E-state index in [2.05, 4.69) is 4.98 Å². The largest absolute Gasteiger partial charge is 0.273 e. The number of fused-ring (bicyclic) bond motifs is 2. The number of hydrogen-bond acceptors (Lipinski definition) is 4. The molecule has 3 rings (SSSR count). The molecule has 0 atom stereocenters. The number of carbonyl (C=O) groups excluding carboxylic acids is 1. The van der Waals surface area contributed by atoms with Crippen molar-refractivity contribution in [3.63, 3.8) is 0 Å². The molecule has 2 heterocycles. The van der Waals surface area contributed by atoms with E-state index in [0.29, 0.717) is 21.8 Å². The second-order valence-electron chi connectivity index (χ2n) is 3.23. The number of rotatable bonds is 0. The molecule has 4 nitrogen and oxygen atoms in total. The third-order valence-corrected chi connectivity index (χ3v) is 3.24. The molecular weight excluding hydrogens is 212 g/mol. The standard InChI is InChI=1S/C10H6N2O2S/c13-8-5-15-10-11-7-4-2-1-3-6(7)9(14)12(8)10/h1-4H,5H2. The van der Waals surface area contributed by atoms with Crippen LogP contribution in [-0.4, -0.2) is 21.2 Å². The quantitative estimate of drug-likeness (QED) is 0.622. The average molecular weight is 218 g/mol. The molecular formula is C10H6N2O2S. The van der Waals surface area contributed by atoms with Crippen LogP contribution in [0.15, 0.2) is 34.2 Å². The van der Waals surface area contributed by atoms with Crippen molar-refractivity contribution in [1.29, 1.82) is 0 Å². The highest BCUT2D eigenvalue weighted by molar-refractivity contribution is 8.00. The van der Waals surface area contributed by atoms with E-state index in [1.165, 1.54) is 11.8 Å². The summed E-state index contributed by atoms with van der Waals surface area (Å²) in [5.41, 5.74) is 0.390. The minimum absolute atomic E-state index is 0.182. The van der Waals surface area contributed by atoms with Crippen molar-refractivity contribution in [3.05, 3.63) is 34.6 Å². The second kappa shape index (κ2) is 2.93. The summed E-state index contributed by atoms with van der Waals surface area (Å²) in [6, 6.07) is 7.06. The van der Waals surface area contributed by atoms with Crippen molar-refractivity contribution < 1.29 is 4.79 Å². The lowest BCUT2D eigenvalue weighted by atomic mass is 10.2. The van der Waals surface area contributed by atoms with E-state index in [9.17, 15) is 9.59 Å². The molecule has 0 saturated heterocycles. The molecule has 0 radical (unpaired) electrons. The van der Waals surface area contributed by atoms with Gasteiger partial charge in [0.05, 0.1) is 16.7 Å². The molecule has 5 heteroatoms. The lowest BCUT2D eigenvalue weighted by Crippen LogP contribution is -2.25. The van der Waals surface area contributed by atoms with Crippen molar-refractivity contribution in [2.75, 3.05) is 5.75 Å². The summed E-state index contributed by atoms with van der Waals surface area (Å²) < 4.78 is 1.16. The highest BCUT2D eigenvalue weighted by Crippen LogP contribution is 2.22. The van der Waals surface area contributed by atoms with Crippen LogP contribution in [-0.2, 0) is 0 Å². The second-order valence-corrected chi connectivity index (χ2v) is 4.18. The maximum atomic E-state index is 11.9. The molecule has 0 saturated carbocycles. The molecule has 15 heavy (non-hydrogen) atoms. The van der Waals surface area contributed by atoms with Crippen LogP contribution in [0, 0.1) is 0 Å². The summed E-state index contributed by atoms with van der Waals surface area (Å²) >= 11 is 1.31. The SMILES string of the molecule is O=C1CSc2nc3ccccc3c(=O)n21. The van der Waals surface area contributed by atoms with Gasteiger partial charge in [-0.15, -0.1) is 0 Å². The fourth-order valence-corrected chi connectivity index (χ4v) is 2.48. The van der Waals surface area contributed by atoms with Gasteiger partial charge in [0.15, 0.2) is 5.16 Å². The van der Waals surface area contributed by atoms with Gasteiger partial charge in [-0.25, -0.2) is 9.55 Å². The van der Waals surface area contributed by atoms with Crippen LogP contribution >= 0.6 is 11.8 Å². The number of carbonyl (C=O) groups is 1. The fourth-order valence-electron chi connectivity index (χ4n) is 1.62. The zero-order chi connectivity index (χ0) is 10.4. The molecule has 0 unspecified atom stereocenters. The molecule has 1 aromatic carbocycles. The molecule has 0 fully saturated rings. The van der Waals surface area contributed by atoms with Crippen LogP contribution in [0.5, 0.6) is 0 Å². The first kappa shape index (κ1) is 8.67. The molecule has 1 aliphatic rings. The van der Waals surface area contributed by atoms with Gasteiger partial charge in [0.25, 0.3) is 5.56 Å². The van der Waals surface area contributed by atoms with Crippen LogP contribution in [0.1, 0.15) is 4.79 Å². The van der Waals surface area contributed by atoms with E-state index in [1.54, 1.807) is 18.2 Å². The van der Waals surface area contributed by atoms with Crippen molar-refractivity contribution >= 4 is 28.6 Å². The molecule has 1 aliphatic heterocycles. The minimum Gasteiger partial charge on any atom is -0.273 e. The molecule has 1 aromatic heterocycles. The molecule has 0 N–H and O–H groups in total. The van der Waals surface area contributed by atoms with E-state index in [4.69, 9.17) is 0 Å². The summed E-state index contributed by atoms with van der Waals surface area (Å²) in [6.07, 6.45) is 0. The van der Waals surface area contributed by atoms with Gasteiger partial charge >= 0.3 is 0 Å². The maximum Gasteiger partial charge on any atom is 0.268 e. The minimum atomic E-state index is -0.259. The lowest BCUT2D eigenvalue weighted by molar-refractivity contribution is 0.0934. The summed E-state index contributed by atoms with van der Waals surface area (Å²) in [6.45, 7) is 0. The van der Waals surface area contributed by atoms with Gasteiger partial charge in [0.1, 0.15) is 0 Å². The molecule has 0 amide bonds. The van der Waals surface area contributed by atoms with Gasteiger partial charge < -0.3 is 0 Å². The number of nitrogens with zero attached hydrogens (tertiary/aromatic N) is 2. The lowest BCUT2D eigenvalue weighted by Gasteiger charge is -2.01. The highest BCUT2D eigenvalue weighted by atomic mass is 32.2. The van der Waals surface area contributed by atoms with Crippen LogP contribution < -0.4 is 5.56 Å². The predicted octanol–water partition coefficient (Wildman–Crippen LogP) is 1.14. The van der Waals surface area contributed by atoms with Gasteiger partial charge in [-0.2, -0.15) is 0 Å². The first-order valence-electron chi connectivity index (χ1n) is 4.45. The van der Waals surface area contributed by atoms with Gasteiger partial charge in [-0.05, 0) is 12.1 Å². The third kappa shape index (κ3) is 1.13. The molecule has 0 bridgehead atoms. The first-order chi connectivity index (χ1) is 7.27. The normalized spacial score (nSPS) is 14.5. The van der Waals surface area contributed by atoms with Crippen molar-refractivity contribution in [1.82, 2.24) is 9.55 Å². The molecule has 0 aliphatic carbocycles. The Balaban J connectivity index is 2.52. The predicted molar refractivity (Wildman–Crippen MR) is 57.4 cm³/mol. The number of thioether (sulfide) groups is 1. The van der Waals surface area contributed by atoms with Gasteiger partial charge in [-0.3, -0.25) is 9.59 Å². The zero-order valence-corrected chi connectivity index (χ0v) is 8.45. The Labute approximate surface area is 88.9 Å². The van der Waals surface area contributed by atoms with E-state index < -0.39 is 0 Å². The Morgan fingerprint density at radius 1 is 1.27 bits per heavy atom. The van der Waals surface area contributed by atoms with E-state index in [0.717, 1.165) is 4.57 Å². The monoisotopic (exact) mass is 218 g/mol. The Morgan fingerprint density at radius 3 is 2.93 bits per heavy atom. The maximum absolute atomic E-state index is 11.9. The fraction of sp³-hybridized carbons (Fsp3) is 0.100. The topological polar surface area (TPSA) is 52.0 Å². The van der Waals surface area contributed by atoms with Crippen molar-refractivity contribution in [2.45, 2.75) is 5.16 Å². The number of hydrogen-bond donors (Lipinski definition) is 0. The van der Waals surface area contributed by atoms with Crippen LogP contribution in [0.4, 0.5) is 0 Å². The van der Waals surface area contributed by atoms with Gasteiger partial charge in [0.2, 0.25) is 5.91 Å². The van der Waals surface area contributed by atoms with E-state index >= 15 is 0 Å². The van der Waals surface area contributed by atoms with Crippen LogP contribution in [0.25, 0.3) is 10.9 Å². The Morgan fingerprint density at radius 2 is 2.07 bits per heavy atom. The smallest absolute Gasteiger partial charge is 0.268 e. The summed E-state index contributed by atoms with van der Waals surface area (Å²) in [5, 5.41) is 1.00. The molecule has 2 aromatic rings. The third-order valence-electron chi connectivity index (χ3n) is 2.32. The summed E-state index contributed by atoms with van der Waals surface area (Å²) in [5.74, 6) is 0.122. The number of benzene rings is 1.